The van der Waals surface area contributed by atoms with E-state index in [-0.39, 0.29) is 11.2 Å². The molecule has 0 atom stereocenters. The molecule has 0 radical (unpaired) electrons. The fourth-order valence-corrected chi connectivity index (χ4v) is 1.77. The number of hydrogen-bond acceptors (Lipinski definition) is 3. The number of methoxy groups -OCH3 is 1. The number of allylic oxidation sites excluding steroid dienone is 1. The van der Waals surface area contributed by atoms with E-state index < -0.39 is 0 Å². The molecule has 0 spiro atoms. The maximum Gasteiger partial charge on any atom is 0.118 e. The first-order valence-corrected chi connectivity index (χ1v) is 6.78. The second-order valence-corrected chi connectivity index (χ2v) is 4.45. The smallest absolute Gasteiger partial charge is 0.118 e. The third-order valence-corrected chi connectivity index (χ3v) is 3.11. The quantitative estimate of drug-likeness (QED) is 0.793. The van der Waals surface area contributed by atoms with Crippen molar-refractivity contribution in [2.24, 2.45) is 0 Å². The number of nitrogens with zero attached hydrogens (tertiary/aromatic N) is 3. The molecule has 0 amide bonds. The molecule has 2 aromatic rings. The average molecular weight is 326 g/mol. The maximum absolute atomic E-state index is 13.2. The molecular formula is C13H13BrFN3O. The monoisotopic (exact) mass is 325 g/mol. The van der Waals surface area contributed by atoms with Crippen molar-refractivity contribution in [3.63, 3.8) is 0 Å². The van der Waals surface area contributed by atoms with Gasteiger partial charge in [0.1, 0.15) is 11.6 Å². The molecule has 6 heteroatoms. The summed E-state index contributed by atoms with van der Waals surface area (Å²) in [5, 5.41) is 7.93. The molecule has 0 saturated heterocycles. The van der Waals surface area contributed by atoms with Crippen LogP contribution in [0.15, 0.2) is 36.3 Å². The number of alkyl halides is 1. The van der Waals surface area contributed by atoms with Gasteiger partial charge in [0.25, 0.3) is 0 Å². The van der Waals surface area contributed by atoms with Gasteiger partial charge in [-0.15, -0.1) is 5.10 Å². The number of benzene rings is 1. The standard InChI is InChI=1S/C13H13BrFN3O/c1-19-13-4-2-10(3-5-13)9-18-12(8-16-17-18)6-11(15)7-14/h2-6,8H,7,9H2,1H3/b11-6-. The molecule has 0 unspecified atom stereocenters. The summed E-state index contributed by atoms with van der Waals surface area (Å²) in [4.78, 5) is 0. The van der Waals surface area contributed by atoms with Crippen LogP contribution in [-0.2, 0) is 6.54 Å². The second kappa shape index (κ2) is 6.47. The van der Waals surface area contributed by atoms with E-state index in [9.17, 15) is 4.39 Å². The minimum Gasteiger partial charge on any atom is -0.497 e. The van der Waals surface area contributed by atoms with Crippen LogP contribution >= 0.6 is 15.9 Å². The fourth-order valence-electron chi connectivity index (χ4n) is 1.60. The van der Waals surface area contributed by atoms with Crippen LogP contribution < -0.4 is 4.74 Å². The lowest BCUT2D eigenvalue weighted by atomic mass is 10.2. The Hall–Kier alpha value is -1.69. The normalized spacial score (nSPS) is 11.6. The summed E-state index contributed by atoms with van der Waals surface area (Å²) in [6, 6.07) is 7.63. The lowest BCUT2D eigenvalue weighted by Gasteiger charge is -2.05. The Morgan fingerprint density at radius 2 is 2.16 bits per heavy atom. The minimum atomic E-state index is -0.265. The highest BCUT2D eigenvalue weighted by atomic mass is 79.9. The van der Waals surface area contributed by atoms with Gasteiger partial charge in [-0.3, -0.25) is 0 Å². The van der Waals surface area contributed by atoms with Gasteiger partial charge in [-0.2, -0.15) is 0 Å². The highest BCUT2D eigenvalue weighted by Crippen LogP contribution is 2.14. The Labute approximate surface area is 119 Å². The van der Waals surface area contributed by atoms with E-state index in [4.69, 9.17) is 4.74 Å². The molecule has 0 aliphatic rings. The molecule has 100 valence electrons. The summed E-state index contributed by atoms with van der Waals surface area (Å²) in [5.74, 6) is 0.533. The third kappa shape index (κ3) is 3.64. The van der Waals surface area contributed by atoms with Crippen molar-refractivity contribution in [1.29, 1.82) is 0 Å². The molecule has 0 aliphatic carbocycles. The van der Waals surface area contributed by atoms with Gasteiger partial charge in [-0.25, -0.2) is 9.07 Å². The SMILES string of the molecule is COc1ccc(Cn2nncc2/C=C(\F)CBr)cc1. The zero-order valence-electron chi connectivity index (χ0n) is 10.4. The Morgan fingerprint density at radius 3 is 2.79 bits per heavy atom. The Kier molecular flexibility index (Phi) is 4.68. The van der Waals surface area contributed by atoms with Crippen molar-refractivity contribution >= 4 is 22.0 Å². The summed E-state index contributed by atoms with van der Waals surface area (Å²) >= 11 is 3.06. The van der Waals surface area contributed by atoms with Crippen LogP contribution in [0.1, 0.15) is 11.3 Å². The third-order valence-electron chi connectivity index (χ3n) is 2.57. The van der Waals surface area contributed by atoms with E-state index in [1.165, 1.54) is 12.3 Å². The summed E-state index contributed by atoms with van der Waals surface area (Å²) in [6.45, 7) is 0.533. The first-order valence-electron chi connectivity index (χ1n) is 5.66. The number of rotatable bonds is 5. The van der Waals surface area contributed by atoms with Crippen molar-refractivity contribution in [2.75, 3.05) is 12.4 Å². The Balaban J connectivity index is 2.17. The van der Waals surface area contributed by atoms with Gasteiger partial charge in [-0.1, -0.05) is 33.3 Å². The molecule has 0 bridgehead atoms. The molecular weight excluding hydrogens is 313 g/mol. The van der Waals surface area contributed by atoms with Crippen molar-refractivity contribution in [1.82, 2.24) is 15.0 Å². The summed E-state index contributed by atoms with van der Waals surface area (Å²) in [7, 11) is 1.62. The van der Waals surface area contributed by atoms with Gasteiger partial charge in [0, 0.05) is 0 Å². The molecule has 4 nitrogen and oxygen atoms in total. The Morgan fingerprint density at radius 1 is 1.42 bits per heavy atom. The van der Waals surface area contributed by atoms with Crippen LogP contribution in [0.5, 0.6) is 5.75 Å². The average Bonchev–Trinajstić information content (AvgIpc) is 2.86. The van der Waals surface area contributed by atoms with Crippen molar-refractivity contribution in [3.8, 4) is 5.75 Å². The van der Waals surface area contributed by atoms with Gasteiger partial charge < -0.3 is 4.74 Å². The summed E-state index contributed by atoms with van der Waals surface area (Å²) in [5.41, 5.74) is 1.67. The summed E-state index contributed by atoms with van der Waals surface area (Å²) < 4.78 is 20.0. The van der Waals surface area contributed by atoms with Crippen LogP contribution in [0.25, 0.3) is 6.08 Å². The van der Waals surface area contributed by atoms with E-state index in [1.807, 2.05) is 24.3 Å². The van der Waals surface area contributed by atoms with E-state index >= 15 is 0 Å². The number of aromatic nitrogens is 3. The lowest BCUT2D eigenvalue weighted by molar-refractivity contribution is 0.414. The molecule has 19 heavy (non-hydrogen) atoms. The van der Waals surface area contributed by atoms with Crippen LogP contribution in [0.2, 0.25) is 0 Å². The molecule has 0 aliphatic heterocycles. The molecule has 0 saturated carbocycles. The van der Waals surface area contributed by atoms with Gasteiger partial charge in [0.2, 0.25) is 0 Å². The Bertz CT molecular complexity index is 566. The maximum atomic E-state index is 13.2. The predicted molar refractivity (Wildman–Crippen MR) is 75.0 cm³/mol. The lowest BCUT2D eigenvalue weighted by Crippen LogP contribution is -2.04. The molecule has 1 aromatic heterocycles. The van der Waals surface area contributed by atoms with Crippen LogP contribution in [0, 0.1) is 0 Å². The first-order chi connectivity index (χ1) is 9.22. The number of ether oxygens (including phenoxy) is 1. The molecule has 2 rings (SSSR count). The highest BCUT2D eigenvalue weighted by molar-refractivity contribution is 9.09. The van der Waals surface area contributed by atoms with Gasteiger partial charge >= 0.3 is 0 Å². The molecule has 0 N–H and O–H groups in total. The highest BCUT2D eigenvalue weighted by Gasteiger charge is 2.04. The van der Waals surface area contributed by atoms with Gasteiger partial charge in [0.05, 0.1) is 30.9 Å². The fraction of sp³-hybridized carbons (Fsp3) is 0.231. The van der Waals surface area contributed by atoms with Crippen LogP contribution in [-0.4, -0.2) is 27.4 Å². The van der Waals surface area contributed by atoms with E-state index in [2.05, 4.69) is 26.2 Å². The van der Waals surface area contributed by atoms with Crippen molar-refractivity contribution < 1.29 is 9.13 Å². The zero-order valence-corrected chi connectivity index (χ0v) is 12.0. The van der Waals surface area contributed by atoms with E-state index in [0.717, 1.165) is 11.3 Å². The topological polar surface area (TPSA) is 39.9 Å². The molecule has 0 fully saturated rings. The van der Waals surface area contributed by atoms with Crippen molar-refractivity contribution in [2.45, 2.75) is 6.54 Å². The van der Waals surface area contributed by atoms with Crippen LogP contribution in [0.4, 0.5) is 4.39 Å². The van der Waals surface area contributed by atoms with Gasteiger partial charge in [0.15, 0.2) is 0 Å². The predicted octanol–water partition coefficient (Wildman–Crippen LogP) is 3.04. The van der Waals surface area contributed by atoms with Crippen molar-refractivity contribution in [3.05, 3.63) is 47.5 Å². The number of hydrogen-bond donors (Lipinski definition) is 0. The van der Waals surface area contributed by atoms with Crippen LogP contribution in [0.3, 0.4) is 0 Å². The minimum absolute atomic E-state index is 0.181. The first kappa shape index (κ1) is 13.7. The van der Waals surface area contributed by atoms with E-state index in [1.54, 1.807) is 11.8 Å². The second-order valence-electron chi connectivity index (χ2n) is 3.89. The zero-order chi connectivity index (χ0) is 13.7. The summed E-state index contributed by atoms with van der Waals surface area (Å²) in [6.07, 6.45) is 2.95. The number of halogens is 2. The molecule has 1 heterocycles. The largest absolute Gasteiger partial charge is 0.497 e. The van der Waals surface area contributed by atoms with E-state index in [0.29, 0.717) is 12.2 Å². The van der Waals surface area contributed by atoms with Gasteiger partial charge in [-0.05, 0) is 23.8 Å². The molecule has 1 aromatic carbocycles.